The monoisotopic (exact) mass is 730 g/mol. The third-order valence-corrected chi connectivity index (χ3v) is 12.7. The van der Waals surface area contributed by atoms with Crippen molar-refractivity contribution in [3.05, 3.63) is 47.1 Å². The molecule has 6 rings (SSSR count). The van der Waals surface area contributed by atoms with Gasteiger partial charge < -0.3 is 48.5 Å². The van der Waals surface area contributed by atoms with Crippen molar-refractivity contribution in [2.45, 2.75) is 166 Å². The molecular weight excluding hydrogens is 668 g/mol. The predicted octanol–water partition coefficient (Wildman–Crippen LogP) is 5.07. The van der Waals surface area contributed by atoms with E-state index in [1.165, 1.54) is 0 Å². The highest BCUT2D eigenvalue weighted by atomic mass is 16.7. The van der Waals surface area contributed by atoms with Gasteiger partial charge in [-0.2, -0.15) is 0 Å². The Balaban J connectivity index is 1.37. The number of aliphatic hydroxyl groups excluding tert-OH is 2. The number of rotatable bonds is 5. The Kier molecular flexibility index (Phi) is 12.3. The summed E-state index contributed by atoms with van der Waals surface area (Å²) in [5.41, 5.74) is 0.238. The van der Waals surface area contributed by atoms with Crippen LogP contribution in [-0.2, 0) is 38.0 Å². The fraction of sp³-hybridized carbons (Fsp3) is 0.780. The van der Waals surface area contributed by atoms with E-state index in [0.717, 1.165) is 18.4 Å². The first-order valence-electron chi connectivity index (χ1n) is 19.5. The lowest BCUT2D eigenvalue weighted by Gasteiger charge is -2.51. The van der Waals surface area contributed by atoms with Crippen LogP contribution >= 0.6 is 0 Å². The van der Waals surface area contributed by atoms with Gasteiger partial charge in [-0.1, -0.05) is 64.5 Å². The van der Waals surface area contributed by atoms with Crippen LogP contribution in [0.2, 0.25) is 0 Å². The Morgan fingerprint density at radius 1 is 1.08 bits per heavy atom. The average molecular weight is 731 g/mol. The molecule has 0 amide bonds. The predicted molar refractivity (Wildman–Crippen MR) is 193 cm³/mol. The maximum absolute atomic E-state index is 14.2. The second-order valence-corrected chi connectivity index (χ2v) is 16.5. The van der Waals surface area contributed by atoms with Crippen LogP contribution in [0.5, 0.6) is 0 Å². The molecule has 0 saturated carbocycles. The Labute approximate surface area is 309 Å². The summed E-state index contributed by atoms with van der Waals surface area (Å²) in [4.78, 5) is 14.2. The SMILES string of the molecule is CC[C@H](C)[C@H]1O[C@]2(CC[C@@H]1C)C[C@@H]1C[C@@H](C/C=C(/C)[C@@H](O[C@H]3C[C@H](OC)[C@@H](O)[C@H](C)O3)[C@@H](C)/C=C\C=C3\CO[C@@H]4[C@H](O)C(C)=C[C@@H](C(=O)O1)[C@]34O)O2. The van der Waals surface area contributed by atoms with Crippen molar-refractivity contribution in [1.29, 1.82) is 0 Å². The van der Waals surface area contributed by atoms with Gasteiger partial charge in [-0.3, -0.25) is 4.79 Å². The van der Waals surface area contributed by atoms with E-state index in [-0.39, 0.29) is 24.7 Å². The van der Waals surface area contributed by atoms with E-state index in [2.05, 4.69) is 33.8 Å². The average Bonchev–Trinajstić information content (AvgIpc) is 3.45. The van der Waals surface area contributed by atoms with E-state index in [1.807, 2.05) is 26.0 Å². The molecule has 0 radical (unpaired) electrons. The standard InChI is InChI=1S/C41H62O11/c1-9-22(2)37-25(5)15-16-40(52-37)20-30-18-29(51-40)14-13-24(4)36(50-33-19-32(46-8)35(43)27(7)48-33)23(3)11-10-12-28-21-47-38-34(42)26(6)17-31(39(44)49-30)41(28,38)45/h10-13,17,22-23,25,27,29-38,42-43,45H,9,14-16,18-21H2,1-8H3/b11-10-,24-13-,28-12-/t22-,23-,25-,27-,29+,30-,31-,32-,33-,34+,35-,36-,37+,38+,40+,41+/m0/s1. The molecular formula is C41H62O11. The van der Waals surface area contributed by atoms with Gasteiger partial charge in [0.2, 0.25) is 0 Å². The number of aliphatic hydroxyl groups is 3. The van der Waals surface area contributed by atoms with E-state index < -0.39 is 72.3 Å². The largest absolute Gasteiger partial charge is 0.462 e. The summed E-state index contributed by atoms with van der Waals surface area (Å²) in [7, 11) is 1.58. The molecule has 11 heteroatoms. The van der Waals surface area contributed by atoms with Gasteiger partial charge in [-0.05, 0) is 62.2 Å². The molecule has 5 heterocycles. The first-order chi connectivity index (χ1) is 24.7. The van der Waals surface area contributed by atoms with E-state index >= 15 is 0 Å². The van der Waals surface area contributed by atoms with E-state index in [1.54, 1.807) is 26.2 Å². The molecule has 292 valence electrons. The van der Waals surface area contributed by atoms with Crippen LogP contribution in [0.3, 0.4) is 0 Å². The van der Waals surface area contributed by atoms with Crippen LogP contribution in [0.4, 0.5) is 0 Å². The molecule has 4 saturated heterocycles. The van der Waals surface area contributed by atoms with E-state index in [4.69, 9.17) is 33.2 Å². The minimum Gasteiger partial charge on any atom is -0.462 e. The minimum atomic E-state index is -1.80. The molecule has 2 bridgehead atoms. The number of carbonyl (C=O) groups excluding carboxylic acids is 1. The molecule has 5 aliphatic heterocycles. The second-order valence-electron chi connectivity index (χ2n) is 16.5. The Hall–Kier alpha value is -1.93. The molecule has 0 unspecified atom stereocenters. The van der Waals surface area contributed by atoms with Gasteiger partial charge in [0.25, 0.3) is 0 Å². The summed E-state index contributed by atoms with van der Waals surface area (Å²) in [5, 5.41) is 34.1. The fourth-order valence-corrected chi connectivity index (χ4v) is 9.27. The third-order valence-electron chi connectivity index (χ3n) is 12.7. The van der Waals surface area contributed by atoms with Crippen molar-refractivity contribution in [3.8, 4) is 0 Å². The molecule has 0 aromatic carbocycles. The highest BCUT2D eigenvalue weighted by molar-refractivity contribution is 5.78. The van der Waals surface area contributed by atoms with Crippen molar-refractivity contribution in [2.24, 2.45) is 23.7 Å². The van der Waals surface area contributed by atoms with Crippen LogP contribution in [0.25, 0.3) is 0 Å². The number of fused-ring (bicyclic) bond motifs is 2. The zero-order chi connectivity index (χ0) is 37.5. The van der Waals surface area contributed by atoms with Gasteiger partial charge in [-0.25, -0.2) is 0 Å². The highest BCUT2D eigenvalue weighted by Gasteiger charge is 2.60. The lowest BCUT2D eigenvalue weighted by atomic mass is 9.71. The summed E-state index contributed by atoms with van der Waals surface area (Å²) in [6, 6.07) is 0. The summed E-state index contributed by atoms with van der Waals surface area (Å²) in [5.74, 6) is -1.98. The third kappa shape index (κ3) is 7.77. The minimum absolute atomic E-state index is 0.0111. The van der Waals surface area contributed by atoms with Crippen molar-refractivity contribution >= 4 is 5.97 Å². The zero-order valence-corrected chi connectivity index (χ0v) is 32.2. The van der Waals surface area contributed by atoms with Crippen LogP contribution in [-0.4, -0.2) is 108 Å². The molecule has 0 aromatic heterocycles. The molecule has 11 nitrogen and oxygen atoms in total. The molecule has 6 aliphatic rings. The number of hydrogen-bond donors (Lipinski definition) is 3. The van der Waals surface area contributed by atoms with Crippen LogP contribution in [0.1, 0.15) is 93.4 Å². The van der Waals surface area contributed by atoms with Crippen molar-refractivity contribution in [1.82, 2.24) is 0 Å². The number of allylic oxidation sites excluding steroid dienone is 2. The fourth-order valence-electron chi connectivity index (χ4n) is 9.27. The quantitative estimate of drug-likeness (QED) is 0.258. The summed E-state index contributed by atoms with van der Waals surface area (Å²) >= 11 is 0. The molecule has 1 aliphatic carbocycles. The molecule has 1 spiro atoms. The number of ether oxygens (including phenoxy) is 7. The first kappa shape index (κ1) is 39.8. The smallest absolute Gasteiger partial charge is 0.316 e. The van der Waals surface area contributed by atoms with Crippen molar-refractivity contribution in [3.63, 3.8) is 0 Å². The van der Waals surface area contributed by atoms with Gasteiger partial charge >= 0.3 is 5.97 Å². The normalized spacial score (nSPS) is 49.1. The maximum Gasteiger partial charge on any atom is 0.316 e. The molecule has 16 atom stereocenters. The first-order valence-corrected chi connectivity index (χ1v) is 19.5. The molecule has 52 heavy (non-hydrogen) atoms. The Morgan fingerprint density at radius 3 is 2.58 bits per heavy atom. The number of esters is 1. The van der Waals surface area contributed by atoms with Crippen molar-refractivity contribution in [2.75, 3.05) is 13.7 Å². The molecule has 4 fully saturated rings. The molecule has 0 aromatic rings. The zero-order valence-electron chi connectivity index (χ0n) is 32.2. The van der Waals surface area contributed by atoms with Crippen LogP contribution in [0.15, 0.2) is 47.1 Å². The van der Waals surface area contributed by atoms with Gasteiger partial charge in [0.05, 0.1) is 37.1 Å². The molecule has 3 N–H and O–H groups in total. The van der Waals surface area contributed by atoms with Gasteiger partial charge in [0.1, 0.15) is 35.9 Å². The summed E-state index contributed by atoms with van der Waals surface area (Å²) < 4.78 is 44.6. The number of carbonyl (C=O) groups is 1. The number of hydrogen-bond acceptors (Lipinski definition) is 11. The Bertz CT molecular complexity index is 1400. The lowest BCUT2D eigenvalue weighted by molar-refractivity contribution is -0.340. The van der Waals surface area contributed by atoms with Crippen LogP contribution < -0.4 is 0 Å². The lowest BCUT2D eigenvalue weighted by Crippen LogP contribution is -2.58. The van der Waals surface area contributed by atoms with E-state index in [0.29, 0.717) is 55.1 Å². The summed E-state index contributed by atoms with van der Waals surface area (Å²) in [6.45, 7) is 14.3. The van der Waals surface area contributed by atoms with Gasteiger partial charge in [0, 0.05) is 38.7 Å². The Morgan fingerprint density at radius 2 is 1.85 bits per heavy atom. The second kappa shape index (κ2) is 16.0. The van der Waals surface area contributed by atoms with Gasteiger partial charge in [-0.15, -0.1) is 0 Å². The van der Waals surface area contributed by atoms with Crippen LogP contribution in [0, 0.1) is 23.7 Å². The topological polar surface area (TPSA) is 142 Å². The number of methoxy groups -OCH3 is 1. The van der Waals surface area contributed by atoms with Gasteiger partial charge in [0.15, 0.2) is 12.1 Å². The maximum atomic E-state index is 14.2. The van der Waals surface area contributed by atoms with E-state index in [9.17, 15) is 20.1 Å². The summed E-state index contributed by atoms with van der Waals surface area (Å²) in [6.07, 6.45) is 8.24. The van der Waals surface area contributed by atoms with Crippen molar-refractivity contribution < 1.29 is 53.3 Å². The highest BCUT2D eigenvalue weighted by Crippen LogP contribution is 2.48.